The first kappa shape index (κ1) is 25.7. The fourth-order valence-electron chi connectivity index (χ4n) is 4.47. The molecule has 1 atom stereocenters. The number of rotatable bonds is 9. The van der Waals surface area contributed by atoms with Crippen LogP contribution in [0.5, 0.6) is 0 Å². The Morgan fingerprint density at radius 2 is 1.57 bits per heavy atom. The van der Waals surface area contributed by atoms with Crippen LogP contribution < -0.4 is 16.4 Å². The molecule has 4 amide bonds. The van der Waals surface area contributed by atoms with E-state index < -0.39 is 30.2 Å². The van der Waals surface area contributed by atoms with Gasteiger partial charge >= 0.3 is 12.1 Å². The van der Waals surface area contributed by atoms with Crippen LogP contribution in [-0.4, -0.2) is 47.7 Å². The summed E-state index contributed by atoms with van der Waals surface area (Å²) < 4.78 is 5.97. The molecule has 0 aromatic heterocycles. The van der Waals surface area contributed by atoms with E-state index in [4.69, 9.17) is 10.5 Å². The first-order valence-corrected chi connectivity index (χ1v) is 12.0. The molecule has 37 heavy (non-hydrogen) atoms. The molecule has 5 N–H and O–H groups in total. The Morgan fingerprint density at radius 3 is 2.14 bits per heavy atom. The van der Waals surface area contributed by atoms with Gasteiger partial charge in [0.2, 0.25) is 5.91 Å². The van der Waals surface area contributed by atoms with E-state index in [2.05, 4.69) is 10.6 Å². The second-order valence-electron chi connectivity index (χ2n) is 8.84. The number of ether oxygens (including phenoxy) is 1. The van der Waals surface area contributed by atoms with E-state index in [9.17, 15) is 19.5 Å². The highest BCUT2D eigenvalue weighted by molar-refractivity contribution is 5.96. The fraction of sp³-hybridized carbons (Fsp3) is 0.250. The molecule has 9 nitrogen and oxygen atoms in total. The summed E-state index contributed by atoms with van der Waals surface area (Å²) in [5.41, 5.74) is 10.2. The zero-order chi connectivity index (χ0) is 26.4. The first-order valence-electron chi connectivity index (χ1n) is 12.0. The normalized spacial score (nSPS) is 12.7. The number of carbonyl (C=O) groups excluding carboxylic acids is 3. The lowest BCUT2D eigenvalue weighted by molar-refractivity contribution is -0.120. The average Bonchev–Trinajstić information content (AvgIpc) is 3.22. The molecule has 0 spiro atoms. The van der Waals surface area contributed by atoms with Gasteiger partial charge in [-0.15, -0.1) is 0 Å². The predicted octanol–water partition coefficient (Wildman–Crippen LogP) is 3.77. The second-order valence-corrected chi connectivity index (χ2v) is 8.84. The van der Waals surface area contributed by atoms with Crippen LogP contribution in [0.1, 0.15) is 35.6 Å². The molecule has 0 aliphatic heterocycles. The van der Waals surface area contributed by atoms with Gasteiger partial charge in [-0.1, -0.05) is 60.7 Å². The minimum atomic E-state index is -0.869. The van der Waals surface area contributed by atoms with Crippen molar-refractivity contribution >= 4 is 23.7 Å². The van der Waals surface area contributed by atoms with Crippen molar-refractivity contribution in [3.05, 3.63) is 89.5 Å². The number of hydrogen-bond donors (Lipinski definition) is 4. The maximum absolute atomic E-state index is 13.3. The maximum atomic E-state index is 13.3. The SMILES string of the molecule is CN(C(=O)OC1c2ccccc2-c2ccccc21)C(CCCNC(N)=O)C(=O)Nc1ccc(CO)cc1. The van der Waals surface area contributed by atoms with Crippen molar-refractivity contribution in [1.82, 2.24) is 10.2 Å². The van der Waals surface area contributed by atoms with Gasteiger partial charge in [0, 0.05) is 30.4 Å². The Morgan fingerprint density at radius 1 is 0.973 bits per heavy atom. The number of nitrogens with one attached hydrogen (secondary N) is 2. The highest BCUT2D eigenvalue weighted by atomic mass is 16.6. The Labute approximate surface area is 215 Å². The van der Waals surface area contributed by atoms with Gasteiger partial charge in [0.1, 0.15) is 6.04 Å². The number of primary amides is 1. The third-order valence-corrected chi connectivity index (χ3v) is 6.41. The summed E-state index contributed by atoms with van der Waals surface area (Å²) >= 11 is 0. The highest BCUT2D eigenvalue weighted by Gasteiger charge is 2.34. The summed E-state index contributed by atoms with van der Waals surface area (Å²) in [5.74, 6) is -0.400. The van der Waals surface area contributed by atoms with Crippen LogP contribution >= 0.6 is 0 Å². The van der Waals surface area contributed by atoms with Crippen molar-refractivity contribution in [2.75, 3.05) is 18.9 Å². The van der Waals surface area contributed by atoms with E-state index >= 15 is 0 Å². The van der Waals surface area contributed by atoms with E-state index in [-0.39, 0.29) is 19.6 Å². The predicted molar refractivity (Wildman–Crippen MR) is 140 cm³/mol. The van der Waals surface area contributed by atoms with Crippen LogP contribution in [0.4, 0.5) is 15.3 Å². The quantitative estimate of drug-likeness (QED) is 0.331. The molecule has 0 bridgehead atoms. The summed E-state index contributed by atoms with van der Waals surface area (Å²) in [6, 6.07) is 20.8. The molecule has 0 saturated carbocycles. The molecular weight excluding hydrogens is 472 g/mol. The zero-order valence-electron chi connectivity index (χ0n) is 20.5. The van der Waals surface area contributed by atoms with Gasteiger partial charge in [0.15, 0.2) is 6.10 Å². The fourth-order valence-corrected chi connectivity index (χ4v) is 4.47. The average molecular weight is 503 g/mol. The maximum Gasteiger partial charge on any atom is 0.411 e. The lowest BCUT2D eigenvalue weighted by atomic mass is 10.1. The number of hydrogen-bond acceptors (Lipinski definition) is 5. The Bertz CT molecular complexity index is 1230. The Hall–Kier alpha value is -4.37. The van der Waals surface area contributed by atoms with Gasteiger partial charge in [-0.25, -0.2) is 9.59 Å². The topological polar surface area (TPSA) is 134 Å². The largest absolute Gasteiger partial charge is 0.436 e. The van der Waals surface area contributed by atoms with Crippen LogP contribution in [0.25, 0.3) is 11.1 Å². The lowest BCUT2D eigenvalue weighted by Gasteiger charge is -2.28. The van der Waals surface area contributed by atoms with Crippen molar-refractivity contribution in [2.24, 2.45) is 5.73 Å². The number of anilines is 1. The summed E-state index contributed by atoms with van der Waals surface area (Å²) in [6.07, 6.45) is -0.551. The van der Waals surface area contributed by atoms with E-state index in [1.54, 1.807) is 24.3 Å². The number of carbonyl (C=O) groups is 3. The number of benzene rings is 3. The molecule has 0 fully saturated rings. The molecule has 0 saturated heterocycles. The summed E-state index contributed by atoms with van der Waals surface area (Å²) in [4.78, 5) is 38.9. The first-order chi connectivity index (χ1) is 17.9. The van der Waals surface area contributed by atoms with Gasteiger partial charge in [-0.2, -0.15) is 0 Å². The van der Waals surface area contributed by atoms with Crippen molar-refractivity contribution in [2.45, 2.75) is 31.6 Å². The number of nitrogens with two attached hydrogens (primary N) is 1. The van der Waals surface area contributed by atoms with Gasteiger partial charge in [0.05, 0.1) is 6.61 Å². The van der Waals surface area contributed by atoms with E-state index in [0.717, 1.165) is 22.3 Å². The van der Waals surface area contributed by atoms with Gasteiger partial charge in [-0.05, 0) is 41.7 Å². The minimum Gasteiger partial charge on any atom is -0.436 e. The molecule has 1 aliphatic carbocycles. The van der Waals surface area contributed by atoms with E-state index in [1.807, 2.05) is 48.5 Å². The van der Waals surface area contributed by atoms with Crippen LogP contribution in [0, 0.1) is 0 Å². The molecule has 1 unspecified atom stereocenters. The number of fused-ring (bicyclic) bond motifs is 3. The monoisotopic (exact) mass is 502 g/mol. The molecule has 3 aromatic rings. The van der Waals surface area contributed by atoms with Crippen molar-refractivity contribution in [1.29, 1.82) is 0 Å². The highest BCUT2D eigenvalue weighted by Crippen LogP contribution is 2.45. The summed E-state index contributed by atoms with van der Waals surface area (Å²) in [6.45, 7) is 0.155. The standard InChI is InChI=1S/C28H30N4O5/c1-32(28(36)37-25-22-9-4-2-7-20(22)21-8-3-5-10-23(21)25)24(11-6-16-30-27(29)35)26(34)31-19-14-12-18(17-33)13-15-19/h2-5,7-10,12-15,24-25,33H,6,11,16-17H2,1H3,(H,31,34)(H3,29,30,35). The number of amides is 4. The minimum absolute atomic E-state index is 0.105. The van der Waals surface area contributed by atoms with Crippen LogP contribution in [0.2, 0.25) is 0 Å². The molecule has 0 radical (unpaired) electrons. The van der Waals surface area contributed by atoms with Crippen molar-refractivity contribution in [3.8, 4) is 11.1 Å². The number of urea groups is 1. The van der Waals surface area contributed by atoms with E-state index in [1.165, 1.54) is 11.9 Å². The Kier molecular flexibility index (Phi) is 8.05. The van der Waals surface area contributed by atoms with Crippen LogP contribution in [-0.2, 0) is 16.1 Å². The smallest absolute Gasteiger partial charge is 0.411 e. The molecule has 4 rings (SSSR count). The van der Waals surface area contributed by atoms with Gasteiger partial charge in [0.25, 0.3) is 0 Å². The van der Waals surface area contributed by atoms with Crippen molar-refractivity contribution in [3.63, 3.8) is 0 Å². The summed E-state index contributed by atoms with van der Waals surface area (Å²) in [7, 11) is 1.52. The summed E-state index contributed by atoms with van der Waals surface area (Å²) in [5, 5.41) is 14.6. The lowest BCUT2D eigenvalue weighted by Crippen LogP contribution is -2.46. The number of nitrogens with zero attached hydrogens (tertiary/aromatic N) is 1. The van der Waals surface area contributed by atoms with Crippen LogP contribution in [0.15, 0.2) is 72.8 Å². The molecule has 0 heterocycles. The molecule has 3 aromatic carbocycles. The number of likely N-dealkylation sites (N-methyl/N-ethyl adjacent to an activating group) is 1. The Balaban J connectivity index is 1.51. The third-order valence-electron chi connectivity index (χ3n) is 6.41. The zero-order valence-corrected chi connectivity index (χ0v) is 20.5. The number of aliphatic hydroxyl groups excluding tert-OH is 1. The van der Waals surface area contributed by atoms with Gasteiger partial charge in [-0.3, -0.25) is 9.69 Å². The molecule has 1 aliphatic rings. The van der Waals surface area contributed by atoms with Crippen LogP contribution in [0.3, 0.4) is 0 Å². The number of aliphatic hydroxyl groups is 1. The third kappa shape index (κ3) is 5.90. The molecule has 192 valence electrons. The van der Waals surface area contributed by atoms with Crippen molar-refractivity contribution < 1.29 is 24.2 Å². The van der Waals surface area contributed by atoms with E-state index in [0.29, 0.717) is 17.7 Å². The molecule has 9 heteroatoms. The van der Waals surface area contributed by atoms with Gasteiger partial charge < -0.3 is 26.2 Å². The molecular formula is C28H30N4O5. The second kappa shape index (κ2) is 11.6.